The van der Waals surface area contributed by atoms with Crippen LogP contribution in [0.2, 0.25) is 0 Å². The van der Waals surface area contributed by atoms with Crippen LogP contribution in [-0.4, -0.2) is 59.1 Å². The number of aryl methyl sites for hydroxylation is 2. The zero-order valence-corrected chi connectivity index (χ0v) is 32.2. The van der Waals surface area contributed by atoms with E-state index < -0.39 is 59.1 Å². The van der Waals surface area contributed by atoms with Gasteiger partial charge in [-0.05, 0) is 109 Å². The molecule has 298 valence electrons. The summed E-state index contributed by atoms with van der Waals surface area (Å²) in [6.07, 6.45) is 0. The van der Waals surface area contributed by atoms with Crippen LogP contribution in [-0.2, 0) is 9.47 Å². The van der Waals surface area contributed by atoms with Gasteiger partial charge in [-0.15, -0.1) is 0 Å². The van der Waals surface area contributed by atoms with Crippen molar-refractivity contribution in [3.63, 3.8) is 0 Å². The largest absolute Gasteiger partial charge is 0.386 e. The molecule has 10 rings (SSSR count). The Labute approximate surface area is 348 Å². The number of hydrogen-bond acceptors (Lipinski definition) is 12. The van der Waals surface area contributed by atoms with Crippen LogP contribution in [0.25, 0.3) is 11.1 Å². The van der Waals surface area contributed by atoms with E-state index in [1.54, 1.807) is 50.2 Å². The Morgan fingerprint density at radius 2 is 0.629 bits per heavy atom. The number of anilines is 2. The van der Waals surface area contributed by atoms with Crippen molar-refractivity contribution in [1.82, 2.24) is 0 Å². The zero-order valence-electron chi connectivity index (χ0n) is 32.2. The number of rotatable bonds is 7. The lowest BCUT2D eigenvalue weighted by Crippen LogP contribution is -2.29. The van der Waals surface area contributed by atoms with Crippen LogP contribution in [0.5, 0.6) is 0 Å². The molecule has 0 radical (unpaired) electrons. The highest BCUT2D eigenvalue weighted by Gasteiger charge is 2.40. The minimum absolute atomic E-state index is 0.0202. The standard InChI is InChI=1S/C48H24N2O12/c1-21-15-27(49-41(53)31-9-3-23(17-35(31)43(49)55)39(51)25-5-11-33-37(19-25)47(59)61-45(33)57)7-13-29(21)30-14-8-28(16-22(30)2)50-42(54)32-10-4-24(18-36(32)44(50)56)40(52)26-6-12-34-38(20-26)48(60)62-46(34)58/h3-20H,1-2H3. The quantitative estimate of drug-likeness (QED) is 0.0721. The van der Waals surface area contributed by atoms with Crippen LogP contribution in [0.1, 0.15) is 126 Å². The molecule has 14 heteroatoms. The van der Waals surface area contributed by atoms with Gasteiger partial charge < -0.3 is 9.47 Å². The van der Waals surface area contributed by atoms with Crippen molar-refractivity contribution < 1.29 is 57.4 Å². The SMILES string of the molecule is Cc1cc(N2C(=O)c3ccc(C(=O)c4ccc5c(c4)C(=O)OC5=O)cc3C2=O)ccc1-c1ccc(N2C(=O)c3ccc(C(=O)c4ccc5c(c4)C(=O)OC5=O)cc3C2=O)cc1C. The molecule has 0 fully saturated rings. The molecule has 0 atom stereocenters. The van der Waals surface area contributed by atoms with E-state index in [1.807, 2.05) is 0 Å². The second-order valence-electron chi connectivity index (χ2n) is 14.9. The molecule has 4 amide bonds. The van der Waals surface area contributed by atoms with Gasteiger partial charge in [-0.3, -0.25) is 28.8 Å². The predicted molar refractivity (Wildman–Crippen MR) is 216 cm³/mol. The molecule has 4 aliphatic heterocycles. The second kappa shape index (κ2) is 13.4. The molecular weight excluding hydrogens is 797 g/mol. The summed E-state index contributed by atoms with van der Waals surface area (Å²) in [6.45, 7) is 3.61. The Hall–Kier alpha value is -8.78. The first-order chi connectivity index (χ1) is 29.7. The predicted octanol–water partition coefficient (Wildman–Crippen LogP) is 6.65. The van der Waals surface area contributed by atoms with Crippen LogP contribution < -0.4 is 9.80 Å². The van der Waals surface area contributed by atoms with Crippen molar-refractivity contribution in [3.8, 4) is 11.1 Å². The van der Waals surface area contributed by atoms with Crippen LogP contribution in [0.15, 0.2) is 109 Å². The van der Waals surface area contributed by atoms with E-state index >= 15 is 0 Å². The fourth-order valence-corrected chi connectivity index (χ4v) is 8.20. The van der Waals surface area contributed by atoms with Gasteiger partial charge in [-0.1, -0.05) is 36.4 Å². The van der Waals surface area contributed by atoms with Crippen molar-refractivity contribution in [3.05, 3.63) is 187 Å². The minimum atomic E-state index is -0.862. The van der Waals surface area contributed by atoms with Gasteiger partial charge in [0, 0.05) is 22.3 Å². The summed E-state index contributed by atoms with van der Waals surface area (Å²) in [4.78, 5) is 131. The molecule has 0 saturated carbocycles. The van der Waals surface area contributed by atoms with Gasteiger partial charge in [0.15, 0.2) is 11.6 Å². The van der Waals surface area contributed by atoms with Crippen molar-refractivity contribution in [2.45, 2.75) is 13.8 Å². The van der Waals surface area contributed by atoms with E-state index in [2.05, 4.69) is 9.47 Å². The van der Waals surface area contributed by atoms with Gasteiger partial charge >= 0.3 is 23.9 Å². The van der Waals surface area contributed by atoms with E-state index in [1.165, 1.54) is 72.8 Å². The molecular formula is C48H24N2O12. The average Bonchev–Trinajstić information content (AvgIpc) is 3.90. The van der Waals surface area contributed by atoms with E-state index in [-0.39, 0.29) is 66.8 Å². The number of esters is 4. The molecule has 4 aliphatic rings. The van der Waals surface area contributed by atoms with Gasteiger partial charge in [0.2, 0.25) is 0 Å². The highest BCUT2D eigenvalue weighted by Crippen LogP contribution is 2.37. The maximum absolute atomic E-state index is 13.7. The fraction of sp³-hybridized carbons (Fsp3) is 0.0417. The molecule has 0 bridgehead atoms. The number of fused-ring (bicyclic) bond motifs is 4. The number of benzene rings is 6. The topological polar surface area (TPSA) is 196 Å². The number of amides is 4. The molecule has 0 aromatic heterocycles. The normalized spacial score (nSPS) is 14.9. The van der Waals surface area contributed by atoms with E-state index in [4.69, 9.17) is 0 Å². The molecule has 4 heterocycles. The van der Waals surface area contributed by atoms with Crippen LogP contribution in [0, 0.1) is 13.8 Å². The number of ether oxygens (including phenoxy) is 2. The third kappa shape index (κ3) is 5.50. The van der Waals surface area contributed by atoms with E-state index in [0.717, 1.165) is 20.9 Å². The van der Waals surface area contributed by atoms with Crippen molar-refractivity contribution in [1.29, 1.82) is 0 Å². The highest BCUT2D eigenvalue weighted by molar-refractivity contribution is 6.36. The maximum atomic E-state index is 13.7. The van der Waals surface area contributed by atoms with Crippen LogP contribution in [0.4, 0.5) is 11.4 Å². The Bertz CT molecular complexity index is 3050. The number of hydrogen-bond donors (Lipinski definition) is 0. The number of cyclic esters (lactones) is 4. The Kier molecular flexibility index (Phi) is 8.09. The molecule has 6 aromatic carbocycles. The monoisotopic (exact) mass is 820 g/mol. The number of carbonyl (C=O) groups excluding carboxylic acids is 10. The van der Waals surface area contributed by atoms with Gasteiger partial charge in [-0.25, -0.2) is 29.0 Å². The van der Waals surface area contributed by atoms with E-state index in [9.17, 15) is 47.9 Å². The molecule has 0 N–H and O–H groups in total. The summed E-state index contributed by atoms with van der Waals surface area (Å²) < 4.78 is 9.21. The van der Waals surface area contributed by atoms with Crippen molar-refractivity contribution >= 4 is 70.4 Å². The first-order valence-corrected chi connectivity index (χ1v) is 18.9. The number of imide groups is 2. The summed E-state index contributed by atoms with van der Waals surface area (Å²) in [5.74, 6) is -6.84. The first kappa shape index (κ1) is 37.5. The molecule has 0 spiro atoms. The maximum Gasteiger partial charge on any atom is 0.346 e. The summed E-state index contributed by atoms with van der Waals surface area (Å²) in [6, 6.07) is 26.3. The number of carbonyl (C=O) groups is 10. The molecule has 0 aliphatic carbocycles. The highest BCUT2D eigenvalue weighted by atomic mass is 16.6. The molecule has 62 heavy (non-hydrogen) atoms. The van der Waals surface area contributed by atoms with Gasteiger partial charge in [0.1, 0.15) is 0 Å². The zero-order chi connectivity index (χ0) is 43.5. The van der Waals surface area contributed by atoms with Crippen molar-refractivity contribution in [2.24, 2.45) is 0 Å². The lowest BCUT2D eigenvalue weighted by Gasteiger charge is -2.19. The van der Waals surface area contributed by atoms with Gasteiger partial charge in [-0.2, -0.15) is 0 Å². The fourth-order valence-electron chi connectivity index (χ4n) is 8.20. The molecule has 0 unspecified atom stereocenters. The van der Waals surface area contributed by atoms with Crippen LogP contribution in [0.3, 0.4) is 0 Å². The first-order valence-electron chi connectivity index (χ1n) is 18.9. The number of nitrogens with zero attached hydrogens (tertiary/aromatic N) is 2. The Balaban J connectivity index is 0.874. The Morgan fingerprint density at radius 1 is 0.339 bits per heavy atom. The number of ketones is 2. The van der Waals surface area contributed by atoms with Gasteiger partial charge in [0.05, 0.1) is 55.9 Å². The van der Waals surface area contributed by atoms with Crippen molar-refractivity contribution in [2.75, 3.05) is 9.80 Å². The average molecular weight is 821 g/mol. The molecule has 14 nitrogen and oxygen atoms in total. The summed E-state index contributed by atoms with van der Waals surface area (Å²) in [5, 5.41) is 0. The minimum Gasteiger partial charge on any atom is -0.386 e. The second-order valence-corrected chi connectivity index (χ2v) is 14.9. The smallest absolute Gasteiger partial charge is 0.346 e. The third-order valence-electron chi connectivity index (χ3n) is 11.3. The Morgan fingerprint density at radius 3 is 0.984 bits per heavy atom. The summed E-state index contributed by atoms with van der Waals surface area (Å²) in [5.41, 5.74) is 4.11. The molecule has 0 saturated heterocycles. The lowest BCUT2D eigenvalue weighted by molar-refractivity contribution is 0.0425. The third-order valence-corrected chi connectivity index (χ3v) is 11.3. The lowest BCUT2D eigenvalue weighted by atomic mass is 9.95. The van der Waals surface area contributed by atoms with Crippen LogP contribution >= 0.6 is 0 Å². The summed E-state index contributed by atoms with van der Waals surface area (Å²) in [7, 11) is 0. The summed E-state index contributed by atoms with van der Waals surface area (Å²) >= 11 is 0. The van der Waals surface area contributed by atoms with Gasteiger partial charge in [0.25, 0.3) is 23.6 Å². The van der Waals surface area contributed by atoms with E-state index in [0.29, 0.717) is 22.5 Å². The molecule has 6 aromatic rings.